The second-order valence-electron chi connectivity index (χ2n) is 5.31. The van der Waals surface area contributed by atoms with Crippen molar-refractivity contribution in [1.29, 1.82) is 5.26 Å². The average Bonchev–Trinajstić information content (AvgIpc) is 2.89. The van der Waals surface area contributed by atoms with E-state index in [-0.39, 0.29) is 5.82 Å². The van der Waals surface area contributed by atoms with Crippen molar-refractivity contribution in [3.63, 3.8) is 0 Å². The molecule has 0 saturated heterocycles. The maximum Gasteiger partial charge on any atom is 0.163 e. The Morgan fingerprint density at radius 1 is 1.22 bits per heavy atom. The van der Waals surface area contributed by atoms with Crippen molar-refractivity contribution < 1.29 is 0 Å². The lowest BCUT2D eigenvalue weighted by atomic mass is 10.1. The third kappa shape index (κ3) is 5.14. The molecule has 1 heterocycles. The molecule has 122 valence electrons. The Morgan fingerprint density at radius 2 is 2.04 bits per heavy atom. The van der Waals surface area contributed by atoms with Gasteiger partial charge in [-0.1, -0.05) is 35.7 Å². The minimum atomic E-state index is 0.283. The Bertz CT molecular complexity index is 690. The zero-order valence-corrected chi connectivity index (χ0v) is 14.2. The van der Waals surface area contributed by atoms with Gasteiger partial charge in [-0.15, -0.1) is 0 Å². The highest BCUT2D eigenvalue weighted by Crippen LogP contribution is 2.22. The highest BCUT2D eigenvalue weighted by Gasteiger charge is 2.09. The van der Waals surface area contributed by atoms with E-state index in [0.29, 0.717) is 15.6 Å². The highest BCUT2D eigenvalue weighted by molar-refractivity contribution is 6.42. The molecule has 23 heavy (non-hydrogen) atoms. The molecule has 0 unspecified atom stereocenters. The molecule has 2 aromatic rings. The van der Waals surface area contributed by atoms with Crippen LogP contribution in [-0.2, 0) is 13.0 Å². The standard InChI is InChI=1S/C16H19Cl2N5/c17-13-6-5-11(8-14(13)18)10-21-7-3-1-2-4-15-12(9-19)16(20)23-22-15/h5-6,8,21H,1-4,7,10H2,(H3,20,22,23). The first-order valence-corrected chi connectivity index (χ1v) is 8.25. The van der Waals surface area contributed by atoms with Gasteiger partial charge in [0.05, 0.1) is 15.7 Å². The van der Waals surface area contributed by atoms with Gasteiger partial charge in [-0.2, -0.15) is 10.4 Å². The SMILES string of the molecule is N#Cc1c(N)n[nH]c1CCCCCNCc1ccc(Cl)c(Cl)c1. The maximum atomic E-state index is 8.99. The van der Waals surface area contributed by atoms with E-state index in [1.165, 1.54) is 0 Å². The van der Waals surface area contributed by atoms with Crippen molar-refractivity contribution in [2.75, 3.05) is 12.3 Å². The van der Waals surface area contributed by atoms with Crippen molar-refractivity contribution in [2.45, 2.75) is 32.2 Å². The maximum absolute atomic E-state index is 8.99. The highest BCUT2D eigenvalue weighted by atomic mass is 35.5. The largest absolute Gasteiger partial charge is 0.381 e. The molecule has 2 rings (SSSR count). The van der Waals surface area contributed by atoms with Crippen molar-refractivity contribution in [3.05, 3.63) is 45.1 Å². The number of hydrogen-bond donors (Lipinski definition) is 3. The number of nitrogen functional groups attached to an aromatic ring is 1. The van der Waals surface area contributed by atoms with Crippen LogP contribution in [0.4, 0.5) is 5.82 Å². The predicted octanol–water partition coefficient (Wildman–Crippen LogP) is 3.67. The molecule has 0 amide bonds. The predicted molar refractivity (Wildman–Crippen MR) is 93.4 cm³/mol. The zero-order chi connectivity index (χ0) is 16.7. The van der Waals surface area contributed by atoms with Gasteiger partial charge in [0.15, 0.2) is 5.82 Å². The Kier molecular flexibility index (Phi) is 6.72. The van der Waals surface area contributed by atoms with Gasteiger partial charge >= 0.3 is 0 Å². The molecule has 0 saturated carbocycles. The first-order valence-electron chi connectivity index (χ1n) is 7.49. The van der Waals surface area contributed by atoms with Crippen LogP contribution in [0, 0.1) is 11.3 Å². The first kappa shape index (κ1) is 17.6. The van der Waals surface area contributed by atoms with Gasteiger partial charge in [0.1, 0.15) is 11.6 Å². The van der Waals surface area contributed by atoms with Crippen LogP contribution in [0.15, 0.2) is 18.2 Å². The molecule has 0 radical (unpaired) electrons. The number of nitrogens with one attached hydrogen (secondary N) is 2. The summed E-state index contributed by atoms with van der Waals surface area (Å²) in [6, 6.07) is 7.73. The monoisotopic (exact) mass is 351 g/mol. The first-order chi connectivity index (χ1) is 11.1. The fraction of sp³-hybridized carbons (Fsp3) is 0.375. The number of benzene rings is 1. The molecule has 7 heteroatoms. The Balaban J connectivity index is 1.61. The normalized spacial score (nSPS) is 10.7. The van der Waals surface area contributed by atoms with Crippen LogP contribution >= 0.6 is 23.2 Å². The van der Waals surface area contributed by atoms with Gasteiger partial charge < -0.3 is 11.1 Å². The van der Waals surface area contributed by atoms with Gasteiger partial charge in [0.25, 0.3) is 0 Å². The number of rotatable bonds is 8. The lowest BCUT2D eigenvalue weighted by Gasteiger charge is -2.06. The smallest absolute Gasteiger partial charge is 0.163 e. The molecule has 0 fully saturated rings. The minimum Gasteiger partial charge on any atom is -0.381 e. The molecule has 4 N–H and O–H groups in total. The van der Waals surface area contributed by atoms with Crippen molar-refractivity contribution in [1.82, 2.24) is 15.5 Å². The molecular weight excluding hydrogens is 333 g/mol. The summed E-state index contributed by atoms with van der Waals surface area (Å²) in [7, 11) is 0. The topological polar surface area (TPSA) is 90.5 Å². The Morgan fingerprint density at radius 3 is 2.78 bits per heavy atom. The number of aryl methyl sites for hydroxylation is 1. The van der Waals surface area contributed by atoms with E-state index in [1.807, 2.05) is 18.2 Å². The number of unbranched alkanes of at least 4 members (excludes halogenated alkanes) is 2. The fourth-order valence-electron chi connectivity index (χ4n) is 2.31. The van der Waals surface area contributed by atoms with E-state index >= 15 is 0 Å². The molecule has 5 nitrogen and oxygen atoms in total. The molecule has 1 aromatic carbocycles. The summed E-state index contributed by atoms with van der Waals surface area (Å²) in [4.78, 5) is 0. The van der Waals surface area contributed by atoms with Gasteiger partial charge in [-0.05, 0) is 43.5 Å². The van der Waals surface area contributed by atoms with Crippen LogP contribution in [0.25, 0.3) is 0 Å². The van der Waals surface area contributed by atoms with E-state index in [0.717, 1.165) is 50.0 Å². The van der Waals surface area contributed by atoms with Crippen LogP contribution in [0.1, 0.15) is 36.1 Å². The number of H-pyrrole nitrogens is 1. The Hall–Kier alpha value is -1.74. The molecule has 0 aliphatic carbocycles. The van der Waals surface area contributed by atoms with E-state index in [9.17, 15) is 0 Å². The summed E-state index contributed by atoms with van der Waals surface area (Å²) in [6.07, 6.45) is 3.91. The number of anilines is 1. The third-order valence-electron chi connectivity index (χ3n) is 3.57. The number of nitrogens with two attached hydrogens (primary N) is 1. The van der Waals surface area contributed by atoms with Crippen LogP contribution in [0.3, 0.4) is 0 Å². The number of halogens is 2. The molecule has 0 aliphatic heterocycles. The van der Waals surface area contributed by atoms with Crippen LogP contribution in [0.5, 0.6) is 0 Å². The minimum absolute atomic E-state index is 0.283. The lowest BCUT2D eigenvalue weighted by molar-refractivity contribution is 0.600. The van der Waals surface area contributed by atoms with E-state index < -0.39 is 0 Å². The van der Waals surface area contributed by atoms with Gasteiger partial charge in [-0.3, -0.25) is 5.10 Å². The van der Waals surface area contributed by atoms with Crippen molar-refractivity contribution >= 4 is 29.0 Å². The summed E-state index contributed by atoms with van der Waals surface area (Å²) in [6.45, 7) is 1.70. The molecule has 0 aliphatic rings. The van der Waals surface area contributed by atoms with Crippen molar-refractivity contribution in [3.8, 4) is 6.07 Å². The number of nitriles is 1. The fourth-order valence-corrected chi connectivity index (χ4v) is 2.63. The summed E-state index contributed by atoms with van der Waals surface area (Å²) >= 11 is 11.9. The van der Waals surface area contributed by atoms with E-state index in [1.54, 1.807) is 0 Å². The zero-order valence-electron chi connectivity index (χ0n) is 12.7. The van der Waals surface area contributed by atoms with Gasteiger partial charge in [-0.25, -0.2) is 0 Å². The molecular formula is C16H19Cl2N5. The second kappa shape index (κ2) is 8.78. The third-order valence-corrected chi connectivity index (χ3v) is 4.31. The number of nitrogens with zero attached hydrogens (tertiary/aromatic N) is 2. The number of aromatic nitrogens is 2. The lowest BCUT2D eigenvalue weighted by Crippen LogP contribution is -2.14. The Labute approximate surface area is 145 Å². The number of hydrogen-bond acceptors (Lipinski definition) is 4. The summed E-state index contributed by atoms with van der Waals surface area (Å²) in [5.41, 5.74) is 8.02. The summed E-state index contributed by atoms with van der Waals surface area (Å²) < 4.78 is 0. The van der Waals surface area contributed by atoms with Crippen LogP contribution in [0.2, 0.25) is 10.0 Å². The summed E-state index contributed by atoms with van der Waals surface area (Å²) in [5, 5.41) is 20.2. The molecule has 1 aromatic heterocycles. The average molecular weight is 352 g/mol. The second-order valence-corrected chi connectivity index (χ2v) is 6.12. The quantitative estimate of drug-likeness (QED) is 0.632. The van der Waals surface area contributed by atoms with Crippen LogP contribution < -0.4 is 11.1 Å². The van der Waals surface area contributed by atoms with Crippen LogP contribution in [-0.4, -0.2) is 16.7 Å². The molecule has 0 atom stereocenters. The molecule has 0 spiro atoms. The molecule has 0 bridgehead atoms. The van der Waals surface area contributed by atoms with E-state index in [4.69, 9.17) is 34.2 Å². The summed E-state index contributed by atoms with van der Waals surface area (Å²) in [5.74, 6) is 0.283. The van der Waals surface area contributed by atoms with Crippen molar-refractivity contribution in [2.24, 2.45) is 0 Å². The van der Waals surface area contributed by atoms with E-state index in [2.05, 4.69) is 21.6 Å². The van der Waals surface area contributed by atoms with Gasteiger partial charge in [0.2, 0.25) is 0 Å². The van der Waals surface area contributed by atoms with Gasteiger partial charge in [0, 0.05) is 6.54 Å². The number of aromatic amines is 1.